The highest BCUT2D eigenvalue weighted by atomic mass is 16.7. The minimum atomic E-state index is -3.36. The van der Waals surface area contributed by atoms with Gasteiger partial charge in [0.1, 0.15) is 0 Å². The molecule has 0 radical (unpaired) electrons. The lowest BCUT2D eigenvalue weighted by molar-refractivity contribution is 0.00578. The molecule has 0 aromatic heterocycles. The summed E-state index contributed by atoms with van der Waals surface area (Å²) in [5, 5.41) is 0. The van der Waals surface area contributed by atoms with Gasteiger partial charge in [-0.1, -0.05) is 0 Å². The van der Waals surface area contributed by atoms with Crippen molar-refractivity contribution in [2.24, 2.45) is 0 Å². The lowest BCUT2D eigenvalue weighted by atomic mass is 9.83. The van der Waals surface area contributed by atoms with E-state index in [1.54, 1.807) is 27.7 Å². The van der Waals surface area contributed by atoms with Gasteiger partial charge in [0.05, 0.1) is 23.7 Å². The zero-order valence-electron chi connectivity index (χ0n) is 21.3. The van der Waals surface area contributed by atoms with Crippen LogP contribution < -0.4 is 0 Å². The smallest absolute Gasteiger partial charge is 0.398 e. The standard InChI is InChI=1S/C12H23BN2O2/c1-11(2)12(3,4)17-13(16-11)10-9-14(5)7-8-15(10)6/h9H,7-8H2,1-6H3/i5D3,6D3,7D2,8D2,9D. The summed E-state index contributed by atoms with van der Waals surface area (Å²) >= 11 is 0. The zero-order chi connectivity index (χ0) is 22.3. The van der Waals surface area contributed by atoms with Crippen LogP contribution in [0.5, 0.6) is 0 Å². The molecule has 17 heavy (non-hydrogen) atoms. The van der Waals surface area contributed by atoms with Crippen LogP contribution in [0.25, 0.3) is 0 Å². The van der Waals surface area contributed by atoms with Crippen LogP contribution in [0.4, 0.5) is 0 Å². The Morgan fingerprint density at radius 1 is 1.29 bits per heavy atom. The van der Waals surface area contributed by atoms with Crippen molar-refractivity contribution in [3.63, 3.8) is 0 Å². The normalized spacial score (nSPS) is 44.9. The van der Waals surface area contributed by atoms with E-state index in [0.717, 1.165) is 0 Å². The van der Waals surface area contributed by atoms with Crippen LogP contribution in [0.15, 0.2) is 11.8 Å². The molecule has 0 amide bonds. The average Bonchev–Trinajstić information content (AvgIpc) is 2.58. The molecule has 2 heterocycles. The first-order chi connectivity index (χ1) is 12.1. The van der Waals surface area contributed by atoms with Crippen molar-refractivity contribution in [3.8, 4) is 0 Å². The average molecular weight is 249 g/mol. The van der Waals surface area contributed by atoms with E-state index in [1.165, 1.54) is 0 Å². The van der Waals surface area contributed by atoms with Crippen molar-refractivity contribution in [2.45, 2.75) is 38.9 Å². The van der Waals surface area contributed by atoms with E-state index in [9.17, 15) is 0 Å². The Balaban J connectivity index is 2.81. The molecular formula is C12H23BN2O2. The predicted molar refractivity (Wildman–Crippen MR) is 69.4 cm³/mol. The van der Waals surface area contributed by atoms with Gasteiger partial charge in [-0.15, -0.1) is 0 Å². The van der Waals surface area contributed by atoms with E-state index in [-0.39, 0.29) is 9.80 Å². The van der Waals surface area contributed by atoms with E-state index in [2.05, 4.69) is 0 Å². The van der Waals surface area contributed by atoms with Crippen LogP contribution in [0.1, 0.15) is 42.8 Å². The Hall–Kier alpha value is -0.675. The van der Waals surface area contributed by atoms with Gasteiger partial charge in [0.15, 0.2) is 0 Å². The van der Waals surface area contributed by atoms with Crippen molar-refractivity contribution in [3.05, 3.63) is 11.8 Å². The maximum absolute atomic E-state index is 8.30. The van der Waals surface area contributed by atoms with Crippen molar-refractivity contribution in [2.75, 3.05) is 26.9 Å². The minimum absolute atomic E-state index is 0.0530. The molecule has 0 aliphatic carbocycles. The molecule has 0 aromatic rings. The first kappa shape index (κ1) is 4.78. The summed E-state index contributed by atoms with van der Waals surface area (Å²) in [5.41, 5.74) is -2.69. The molecule has 4 nitrogen and oxygen atoms in total. The lowest BCUT2D eigenvalue weighted by Gasteiger charge is -2.32. The van der Waals surface area contributed by atoms with Crippen molar-refractivity contribution >= 4 is 7.12 Å². The summed E-state index contributed by atoms with van der Waals surface area (Å²) in [4.78, 5) is 0.0231. The van der Waals surface area contributed by atoms with E-state index in [1.807, 2.05) is 0 Å². The monoisotopic (exact) mass is 249 g/mol. The van der Waals surface area contributed by atoms with Crippen molar-refractivity contribution in [1.29, 1.82) is 0 Å². The van der Waals surface area contributed by atoms with Gasteiger partial charge in [-0.05, 0) is 27.7 Å². The topological polar surface area (TPSA) is 24.9 Å². The third-order valence-corrected chi connectivity index (χ3v) is 3.22. The molecule has 2 rings (SSSR count). The first-order valence-corrected chi connectivity index (χ1v) is 5.26. The summed E-state index contributed by atoms with van der Waals surface area (Å²) in [6.07, 6.45) is -1.05. The number of hydrogen-bond donors (Lipinski definition) is 0. The molecule has 0 N–H and O–H groups in total. The van der Waals surface area contributed by atoms with Gasteiger partial charge in [-0.3, -0.25) is 0 Å². The summed E-state index contributed by atoms with van der Waals surface area (Å²) in [6, 6.07) is 0. The Kier molecular flexibility index (Phi) is 1.10. The van der Waals surface area contributed by atoms with E-state index in [4.69, 9.17) is 24.4 Å². The number of rotatable bonds is 1. The van der Waals surface area contributed by atoms with Gasteiger partial charge in [0.2, 0.25) is 0 Å². The maximum Gasteiger partial charge on any atom is 0.513 e. The number of hydrogen-bond acceptors (Lipinski definition) is 4. The Labute approximate surface area is 120 Å². The molecule has 0 spiro atoms. The molecule has 96 valence electrons. The Morgan fingerprint density at radius 2 is 1.94 bits per heavy atom. The quantitative estimate of drug-likeness (QED) is 0.655. The van der Waals surface area contributed by atoms with E-state index < -0.39 is 57.0 Å². The molecule has 2 aliphatic heterocycles. The largest absolute Gasteiger partial charge is 0.513 e. The Bertz CT molecular complexity index is 670. The second kappa shape index (κ2) is 3.92. The Morgan fingerprint density at radius 3 is 2.47 bits per heavy atom. The molecule has 5 heteroatoms. The predicted octanol–water partition coefficient (Wildman–Crippen LogP) is 1.34. The minimum Gasteiger partial charge on any atom is -0.398 e. The van der Waals surface area contributed by atoms with Gasteiger partial charge in [-0.2, -0.15) is 0 Å². The number of likely N-dealkylation sites (N-methyl/N-ethyl adjacent to an activating group) is 2. The summed E-state index contributed by atoms with van der Waals surface area (Å²) in [6.45, 7) is -6.63. The van der Waals surface area contributed by atoms with Gasteiger partial charge in [-0.25, -0.2) is 0 Å². The fraction of sp³-hybridized carbons (Fsp3) is 0.833. The second-order valence-corrected chi connectivity index (χ2v) is 4.98. The third-order valence-electron chi connectivity index (χ3n) is 3.22. The summed E-state index contributed by atoms with van der Waals surface area (Å²) in [5.74, 6) is 0. The third kappa shape index (κ3) is 2.18. The molecule has 0 aromatic carbocycles. The van der Waals surface area contributed by atoms with Gasteiger partial charge >= 0.3 is 7.12 Å². The van der Waals surface area contributed by atoms with Crippen LogP contribution >= 0.6 is 0 Å². The van der Waals surface area contributed by atoms with Gasteiger partial charge in [0, 0.05) is 41.3 Å². The summed E-state index contributed by atoms with van der Waals surface area (Å²) < 4.78 is 98.1. The molecule has 1 saturated heterocycles. The SMILES string of the molecule is [2H]C1=C(B2OC(C)(C)C(C)(C)O2)N(C([2H])([2H])[2H])C([2H])([2H])C([2H])([2H])N1C([2H])([2H])[2H]. The maximum atomic E-state index is 8.30. The zero-order valence-corrected chi connectivity index (χ0v) is 10.3. The highest BCUT2D eigenvalue weighted by Gasteiger charge is 2.53. The van der Waals surface area contributed by atoms with Gasteiger partial charge in [0.25, 0.3) is 0 Å². The molecule has 0 bridgehead atoms. The summed E-state index contributed by atoms with van der Waals surface area (Å²) in [7, 11) is -1.59. The van der Waals surface area contributed by atoms with E-state index >= 15 is 0 Å². The first-order valence-electron chi connectivity index (χ1n) is 10.8. The molecule has 2 aliphatic rings. The van der Waals surface area contributed by atoms with Crippen LogP contribution in [0, 0.1) is 0 Å². The fourth-order valence-electron chi connectivity index (χ4n) is 1.47. The second-order valence-electron chi connectivity index (χ2n) is 4.98. The van der Waals surface area contributed by atoms with Crippen molar-refractivity contribution in [1.82, 2.24) is 9.80 Å². The van der Waals surface area contributed by atoms with Crippen LogP contribution in [-0.2, 0) is 9.31 Å². The van der Waals surface area contributed by atoms with Crippen LogP contribution in [0.2, 0.25) is 0 Å². The van der Waals surface area contributed by atoms with Crippen LogP contribution in [0.3, 0.4) is 0 Å². The number of nitrogens with zero attached hydrogens (tertiary/aromatic N) is 2. The van der Waals surface area contributed by atoms with E-state index in [0.29, 0.717) is 0 Å². The molecule has 0 atom stereocenters. The highest BCUT2D eigenvalue weighted by molar-refractivity contribution is 6.54. The molecule has 1 fully saturated rings. The van der Waals surface area contributed by atoms with Crippen molar-refractivity contribution < 1.29 is 24.4 Å². The lowest BCUT2D eigenvalue weighted by Crippen LogP contribution is -2.41. The van der Waals surface area contributed by atoms with Crippen LogP contribution in [-0.4, -0.2) is 55.1 Å². The highest BCUT2D eigenvalue weighted by Crippen LogP contribution is 2.39. The molecule has 0 unspecified atom stereocenters. The van der Waals surface area contributed by atoms with Gasteiger partial charge < -0.3 is 19.1 Å². The molecular weight excluding hydrogens is 215 g/mol. The fourth-order valence-corrected chi connectivity index (χ4v) is 1.47. The molecule has 0 saturated carbocycles.